The molecule has 0 saturated heterocycles. The topological polar surface area (TPSA) is 35.9 Å². The smallest absolute Gasteiger partial charge is 0.112 e. The van der Waals surface area contributed by atoms with Crippen molar-refractivity contribution in [2.24, 2.45) is 0 Å². The van der Waals surface area contributed by atoms with Gasteiger partial charge in [-0.2, -0.15) is 0 Å². The molecule has 0 aromatic carbocycles. The summed E-state index contributed by atoms with van der Waals surface area (Å²) in [5.41, 5.74) is -0.759. The predicted molar refractivity (Wildman–Crippen MR) is 58.3 cm³/mol. The van der Waals surface area contributed by atoms with Crippen LogP contribution in [-0.2, 0) is 4.74 Å². The Balaban J connectivity index is 3.37. The van der Waals surface area contributed by atoms with Gasteiger partial charge in [0.1, 0.15) is 5.72 Å². The van der Waals surface area contributed by atoms with E-state index >= 15 is 0 Å². The van der Waals surface area contributed by atoms with Crippen molar-refractivity contribution in [3.05, 3.63) is 0 Å². The van der Waals surface area contributed by atoms with Crippen molar-refractivity contribution < 1.29 is 9.84 Å². The molecule has 0 atom stereocenters. The summed E-state index contributed by atoms with van der Waals surface area (Å²) < 4.78 is 5.42. The third kappa shape index (κ3) is 7.26. The van der Waals surface area contributed by atoms with E-state index in [9.17, 15) is 5.11 Å². The molecule has 0 heterocycles. The van der Waals surface area contributed by atoms with Gasteiger partial charge in [0.2, 0.25) is 0 Å². The summed E-state index contributed by atoms with van der Waals surface area (Å²) in [6.45, 7) is 6.63. The summed E-state index contributed by atoms with van der Waals surface area (Å²) in [7, 11) is 5.92. The predicted octanol–water partition coefficient (Wildman–Crippen LogP) is 0.225. The Bertz CT molecular complexity index is 144. The number of ether oxygens (including phenoxy) is 1. The molecule has 4 heteroatoms. The lowest BCUT2D eigenvalue weighted by molar-refractivity contribution is -0.0730. The molecule has 0 aromatic heterocycles. The number of hydrogen-bond donors (Lipinski definition) is 1. The van der Waals surface area contributed by atoms with E-state index in [0.717, 1.165) is 19.7 Å². The van der Waals surface area contributed by atoms with Crippen LogP contribution in [0.25, 0.3) is 0 Å². The van der Waals surface area contributed by atoms with Crippen LogP contribution in [0.1, 0.15) is 13.8 Å². The summed E-state index contributed by atoms with van der Waals surface area (Å²) in [5, 5.41) is 9.59. The van der Waals surface area contributed by atoms with Crippen LogP contribution in [0.3, 0.4) is 0 Å². The normalized spacial score (nSPS) is 12.9. The molecular formula is C10H24N2O2. The van der Waals surface area contributed by atoms with Gasteiger partial charge in [-0.05, 0) is 35.0 Å². The first kappa shape index (κ1) is 13.8. The van der Waals surface area contributed by atoms with Crippen LogP contribution in [0.15, 0.2) is 0 Å². The molecule has 14 heavy (non-hydrogen) atoms. The molecule has 1 N–H and O–H groups in total. The van der Waals surface area contributed by atoms with Crippen molar-refractivity contribution in [1.82, 2.24) is 9.80 Å². The lowest BCUT2D eigenvalue weighted by Gasteiger charge is -2.30. The molecule has 0 unspecified atom stereocenters. The number of aliphatic hydroxyl groups is 1. The number of likely N-dealkylation sites (N-methyl/N-ethyl adjacent to an activating group) is 2. The second-order valence-electron chi connectivity index (χ2n) is 4.33. The Kier molecular flexibility index (Phi) is 6.27. The summed E-state index contributed by atoms with van der Waals surface area (Å²) in [4.78, 5) is 3.95. The van der Waals surface area contributed by atoms with E-state index in [0.29, 0.717) is 6.61 Å². The quantitative estimate of drug-likeness (QED) is 0.475. The maximum atomic E-state index is 9.59. The Labute approximate surface area is 87.5 Å². The molecule has 0 amide bonds. The minimum Gasteiger partial charge on any atom is -0.379 e. The maximum absolute atomic E-state index is 9.59. The van der Waals surface area contributed by atoms with Crippen molar-refractivity contribution in [3.8, 4) is 0 Å². The van der Waals surface area contributed by atoms with E-state index in [-0.39, 0.29) is 0 Å². The maximum Gasteiger partial charge on any atom is 0.112 e. The SMILES string of the molecule is CN(C)CCOCCN(C)C(C)(C)O. The summed E-state index contributed by atoms with van der Waals surface area (Å²) in [5.74, 6) is 0. The zero-order valence-corrected chi connectivity index (χ0v) is 10.1. The monoisotopic (exact) mass is 204 g/mol. The van der Waals surface area contributed by atoms with E-state index in [1.807, 2.05) is 26.0 Å². The third-order valence-corrected chi connectivity index (χ3v) is 2.19. The van der Waals surface area contributed by atoms with Crippen LogP contribution in [-0.4, -0.2) is 68.1 Å². The molecule has 0 aromatic rings. The van der Waals surface area contributed by atoms with Crippen molar-refractivity contribution in [2.75, 3.05) is 47.4 Å². The van der Waals surface area contributed by atoms with Crippen LogP contribution in [0.2, 0.25) is 0 Å². The van der Waals surface area contributed by atoms with Gasteiger partial charge in [0, 0.05) is 13.1 Å². The van der Waals surface area contributed by atoms with E-state index in [2.05, 4.69) is 4.90 Å². The van der Waals surface area contributed by atoms with Crippen LogP contribution in [0, 0.1) is 0 Å². The highest BCUT2D eigenvalue weighted by molar-refractivity contribution is 4.64. The van der Waals surface area contributed by atoms with Gasteiger partial charge in [-0.25, -0.2) is 0 Å². The van der Waals surface area contributed by atoms with Gasteiger partial charge in [0.25, 0.3) is 0 Å². The second kappa shape index (κ2) is 6.35. The van der Waals surface area contributed by atoms with E-state index in [1.54, 1.807) is 13.8 Å². The van der Waals surface area contributed by atoms with Crippen LogP contribution in [0.5, 0.6) is 0 Å². The van der Waals surface area contributed by atoms with E-state index in [4.69, 9.17) is 4.74 Å². The summed E-state index contributed by atoms with van der Waals surface area (Å²) in [6.07, 6.45) is 0. The Morgan fingerprint density at radius 3 is 2.00 bits per heavy atom. The van der Waals surface area contributed by atoms with Gasteiger partial charge < -0.3 is 14.7 Å². The molecule has 0 aliphatic carbocycles. The molecule has 4 nitrogen and oxygen atoms in total. The fourth-order valence-electron chi connectivity index (χ4n) is 0.824. The van der Waals surface area contributed by atoms with Crippen molar-refractivity contribution in [1.29, 1.82) is 0 Å². The van der Waals surface area contributed by atoms with Crippen LogP contribution >= 0.6 is 0 Å². The largest absolute Gasteiger partial charge is 0.379 e. The average molecular weight is 204 g/mol. The molecule has 0 aliphatic rings. The van der Waals surface area contributed by atoms with Gasteiger partial charge in [0.05, 0.1) is 13.2 Å². The first-order valence-electron chi connectivity index (χ1n) is 5.00. The van der Waals surface area contributed by atoms with Gasteiger partial charge in [-0.15, -0.1) is 0 Å². The zero-order chi connectivity index (χ0) is 11.2. The number of hydrogen-bond acceptors (Lipinski definition) is 4. The molecular weight excluding hydrogens is 180 g/mol. The number of rotatable bonds is 7. The Morgan fingerprint density at radius 2 is 1.57 bits per heavy atom. The summed E-state index contributed by atoms with van der Waals surface area (Å²) >= 11 is 0. The Hall–Kier alpha value is -0.160. The minimum absolute atomic E-state index is 0.661. The zero-order valence-electron chi connectivity index (χ0n) is 10.1. The van der Waals surface area contributed by atoms with E-state index in [1.165, 1.54) is 0 Å². The molecule has 0 bridgehead atoms. The standard InChI is InChI=1S/C10H24N2O2/c1-10(2,13)12(5)7-9-14-8-6-11(3)4/h13H,6-9H2,1-5H3. The molecule has 0 aliphatic heterocycles. The molecule has 0 fully saturated rings. The first-order valence-corrected chi connectivity index (χ1v) is 5.00. The van der Waals surface area contributed by atoms with E-state index < -0.39 is 5.72 Å². The van der Waals surface area contributed by atoms with Gasteiger partial charge in [-0.3, -0.25) is 4.90 Å². The average Bonchev–Trinajstić information content (AvgIpc) is 2.01. The molecule has 0 rings (SSSR count). The third-order valence-electron chi connectivity index (χ3n) is 2.19. The minimum atomic E-state index is -0.759. The van der Waals surface area contributed by atoms with Crippen LogP contribution < -0.4 is 0 Å². The van der Waals surface area contributed by atoms with Crippen molar-refractivity contribution in [2.45, 2.75) is 19.6 Å². The Morgan fingerprint density at radius 1 is 1.07 bits per heavy atom. The lowest BCUT2D eigenvalue weighted by atomic mass is 10.3. The molecule has 0 saturated carbocycles. The summed E-state index contributed by atoms with van der Waals surface area (Å²) in [6, 6.07) is 0. The van der Waals surface area contributed by atoms with Gasteiger partial charge in [0.15, 0.2) is 0 Å². The first-order chi connectivity index (χ1) is 6.34. The lowest BCUT2D eigenvalue weighted by Crippen LogP contribution is -2.42. The molecule has 86 valence electrons. The van der Waals surface area contributed by atoms with Crippen molar-refractivity contribution >= 4 is 0 Å². The highest BCUT2D eigenvalue weighted by Crippen LogP contribution is 2.05. The highest BCUT2D eigenvalue weighted by atomic mass is 16.5. The van der Waals surface area contributed by atoms with Gasteiger partial charge >= 0.3 is 0 Å². The molecule has 0 radical (unpaired) electrons. The van der Waals surface area contributed by atoms with Crippen LogP contribution in [0.4, 0.5) is 0 Å². The number of nitrogens with zero attached hydrogens (tertiary/aromatic N) is 2. The fraction of sp³-hybridized carbons (Fsp3) is 1.00. The fourth-order valence-corrected chi connectivity index (χ4v) is 0.824. The molecule has 0 spiro atoms. The second-order valence-corrected chi connectivity index (χ2v) is 4.33. The highest BCUT2D eigenvalue weighted by Gasteiger charge is 2.18. The van der Waals surface area contributed by atoms with Crippen molar-refractivity contribution in [3.63, 3.8) is 0 Å². The van der Waals surface area contributed by atoms with Gasteiger partial charge in [-0.1, -0.05) is 0 Å².